The summed E-state index contributed by atoms with van der Waals surface area (Å²) in [6, 6.07) is 2.20. The molecule has 1 aromatic rings. The topological polar surface area (TPSA) is 22.1 Å². The predicted molar refractivity (Wildman–Crippen MR) is 58.5 cm³/mol. The second-order valence-electron chi connectivity index (χ2n) is 4.02. The number of hydrogen-bond acceptors (Lipinski definition) is 2. The van der Waals surface area contributed by atoms with Gasteiger partial charge in [-0.25, -0.2) is 0 Å². The Morgan fingerprint density at radius 2 is 1.93 bits per heavy atom. The van der Waals surface area contributed by atoms with Crippen molar-refractivity contribution < 1.29 is 4.74 Å². The molecule has 0 aliphatic carbocycles. The fourth-order valence-electron chi connectivity index (χ4n) is 1.52. The molecule has 0 fully saturated rings. The minimum atomic E-state index is 0.0769. The smallest absolute Gasteiger partial charge is 0.0965 e. The van der Waals surface area contributed by atoms with E-state index in [2.05, 4.69) is 31.8 Å². The number of aromatic nitrogens is 1. The van der Waals surface area contributed by atoms with Gasteiger partial charge in [-0.1, -0.05) is 19.9 Å². The van der Waals surface area contributed by atoms with E-state index in [-0.39, 0.29) is 6.10 Å². The number of pyridine rings is 1. The lowest BCUT2D eigenvalue weighted by Crippen LogP contribution is -2.06. The highest BCUT2D eigenvalue weighted by Crippen LogP contribution is 2.25. The van der Waals surface area contributed by atoms with Gasteiger partial charge in [-0.05, 0) is 30.9 Å². The minimum Gasteiger partial charge on any atom is -0.375 e. The van der Waals surface area contributed by atoms with E-state index in [0.717, 1.165) is 5.69 Å². The van der Waals surface area contributed by atoms with E-state index >= 15 is 0 Å². The van der Waals surface area contributed by atoms with Gasteiger partial charge >= 0.3 is 0 Å². The van der Waals surface area contributed by atoms with E-state index in [1.54, 1.807) is 7.11 Å². The van der Waals surface area contributed by atoms with Crippen molar-refractivity contribution in [2.24, 2.45) is 0 Å². The standard InChI is InChI=1S/C12H19NO/c1-8(2)11-6-9(3)7-13-12(11)10(4)14-5/h6-8,10H,1-5H3. The van der Waals surface area contributed by atoms with Crippen LogP contribution >= 0.6 is 0 Å². The maximum Gasteiger partial charge on any atom is 0.0965 e. The zero-order chi connectivity index (χ0) is 10.7. The second kappa shape index (κ2) is 4.56. The molecule has 0 bridgehead atoms. The Hall–Kier alpha value is -0.890. The minimum absolute atomic E-state index is 0.0769. The number of rotatable bonds is 3. The molecule has 1 rings (SSSR count). The molecule has 1 heterocycles. The van der Waals surface area contributed by atoms with Crippen molar-refractivity contribution in [2.75, 3.05) is 7.11 Å². The summed E-state index contributed by atoms with van der Waals surface area (Å²) >= 11 is 0. The van der Waals surface area contributed by atoms with Gasteiger partial charge in [-0.3, -0.25) is 4.98 Å². The van der Waals surface area contributed by atoms with Crippen LogP contribution in [0.4, 0.5) is 0 Å². The molecule has 0 aromatic carbocycles. The molecule has 0 aliphatic heterocycles. The van der Waals surface area contributed by atoms with Gasteiger partial charge in [0.05, 0.1) is 11.8 Å². The third-order valence-corrected chi connectivity index (χ3v) is 2.45. The Balaban J connectivity index is 3.14. The summed E-state index contributed by atoms with van der Waals surface area (Å²) in [6.07, 6.45) is 1.98. The van der Waals surface area contributed by atoms with Crippen LogP contribution in [0.1, 0.15) is 49.6 Å². The van der Waals surface area contributed by atoms with E-state index in [0.29, 0.717) is 5.92 Å². The van der Waals surface area contributed by atoms with Crippen LogP contribution in [0.3, 0.4) is 0 Å². The van der Waals surface area contributed by atoms with Gasteiger partial charge in [0.2, 0.25) is 0 Å². The van der Waals surface area contributed by atoms with E-state index in [1.165, 1.54) is 11.1 Å². The summed E-state index contributed by atoms with van der Waals surface area (Å²) in [7, 11) is 1.72. The van der Waals surface area contributed by atoms with Crippen molar-refractivity contribution in [3.8, 4) is 0 Å². The van der Waals surface area contributed by atoms with Crippen molar-refractivity contribution in [1.82, 2.24) is 4.98 Å². The molecule has 0 spiro atoms. The molecule has 0 aliphatic rings. The molecule has 2 heteroatoms. The summed E-state index contributed by atoms with van der Waals surface area (Å²) in [5.41, 5.74) is 3.56. The largest absolute Gasteiger partial charge is 0.375 e. The fourth-order valence-corrected chi connectivity index (χ4v) is 1.52. The average Bonchev–Trinajstić information content (AvgIpc) is 2.16. The molecule has 1 unspecified atom stereocenters. The van der Waals surface area contributed by atoms with Gasteiger partial charge in [0, 0.05) is 13.3 Å². The molecular weight excluding hydrogens is 174 g/mol. The van der Waals surface area contributed by atoms with Crippen LogP contribution in [-0.2, 0) is 4.74 Å². The highest BCUT2D eigenvalue weighted by molar-refractivity contribution is 5.28. The molecular formula is C12H19NO. The molecule has 0 amide bonds. The lowest BCUT2D eigenvalue weighted by molar-refractivity contribution is 0.115. The summed E-state index contributed by atoms with van der Waals surface area (Å²) in [5, 5.41) is 0. The third kappa shape index (κ3) is 2.32. The number of nitrogens with zero attached hydrogens (tertiary/aromatic N) is 1. The van der Waals surface area contributed by atoms with Gasteiger partial charge in [0.15, 0.2) is 0 Å². The summed E-state index contributed by atoms with van der Waals surface area (Å²) < 4.78 is 5.30. The lowest BCUT2D eigenvalue weighted by Gasteiger charge is -2.16. The molecule has 0 saturated heterocycles. The van der Waals surface area contributed by atoms with E-state index in [9.17, 15) is 0 Å². The Morgan fingerprint density at radius 1 is 1.29 bits per heavy atom. The van der Waals surface area contributed by atoms with Crippen molar-refractivity contribution in [2.45, 2.75) is 39.7 Å². The van der Waals surface area contributed by atoms with Crippen LogP contribution in [-0.4, -0.2) is 12.1 Å². The first kappa shape index (κ1) is 11.2. The normalized spacial score (nSPS) is 13.3. The highest BCUT2D eigenvalue weighted by atomic mass is 16.5. The Kier molecular flexibility index (Phi) is 3.64. The van der Waals surface area contributed by atoms with Crippen LogP contribution in [0.2, 0.25) is 0 Å². The first-order valence-corrected chi connectivity index (χ1v) is 5.05. The third-order valence-electron chi connectivity index (χ3n) is 2.45. The molecule has 0 saturated carbocycles. The van der Waals surface area contributed by atoms with Gasteiger partial charge < -0.3 is 4.74 Å². The van der Waals surface area contributed by atoms with E-state index in [4.69, 9.17) is 4.74 Å². The number of ether oxygens (including phenoxy) is 1. The monoisotopic (exact) mass is 193 g/mol. The van der Waals surface area contributed by atoms with Gasteiger partial charge in [-0.2, -0.15) is 0 Å². The molecule has 0 N–H and O–H groups in total. The van der Waals surface area contributed by atoms with Crippen LogP contribution in [0.25, 0.3) is 0 Å². The Morgan fingerprint density at radius 3 is 2.43 bits per heavy atom. The first-order valence-electron chi connectivity index (χ1n) is 5.05. The van der Waals surface area contributed by atoms with Crippen molar-refractivity contribution >= 4 is 0 Å². The van der Waals surface area contributed by atoms with Gasteiger partial charge in [0.25, 0.3) is 0 Å². The van der Waals surface area contributed by atoms with Crippen LogP contribution in [0, 0.1) is 6.92 Å². The van der Waals surface area contributed by atoms with Crippen molar-refractivity contribution in [3.63, 3.8) is 0 Å². The SMILES string of the molecule is COC(C)c1ncc(C)cc1C(C)C. The van der Waals surface area contributed by atoms with Crippen LogP contribution in [0.5, 0.6) is 0 Å². The summed E-state index contributed by atoms with van der Waals surface area (Å²) in [6.45, 7) is 8.47. The molecule has 14 heavy (non-hydrogen) atoms. The zero-order valence-corrected chi connectivity index (χ0v) is 9.66. The quantitative estimate of drug-likeness (QED) is 0.735. The maximum absolute atomic E-state index is 5.30. The van der Waals surface area contributed by atoms with Crippen LogP contribution < -0.4 is 0 Å². The molecule has 2 nitrogen and oxygen atoms in total. The summed E-state index contributed by atoms with van der Waals surface area (Å²) in [4.78, 5) is 4.45. The summed E-state index contributed by atoms with van der Waals surface area (Å²) in [5.74, 6) is 0.495. The first-order chi connectivity index (χ1) is 6.56. The maximum atomic E-state index is 5.30. The van der Waals surface area contributed by atoms with E-state index in [1.807, 2.05) is 13.1 Å². The highest BCUT2D eigenvalue weighted by Gasteiger charge is 2.13. The molecule has 1 atom stereocenters. The average molecular weight is 193 g/mol. The molecule has 78 valence electrons. The van der Waals surface area contributed by atoms with Crippen LogP contribution in [0.15, 0.2) is 12.3 Å². The van der Waals surface area contributed by atoms with Crippen molar-refractivity contribution in [1.29, 1.82) is 0 Å². The predicted octanol–water partition coefficient (Wildman–Crippen LogP) is 3.22. The Labute approximate surface area is 86.3 Å². The Bertz CT molecular complexity index is 307. The fraction of sp³-hybridized carbons (Fsp3) is 0.583. The zero-order valence-electron chi connectivity index (χ0n) is 9.66. The van der Waals surface area contributed by atoms with Crippen molar-refractivity contribution in [3.05, 3.63) is 29.1 Å². The van der Waals surface area contributed by atoms with E-state index < -0.39 is 0 Å². The molecule has 1 aromatic heterocycles. The van der Waals surface area contributed by atoms with Gasteiger partial charge in [-0.15, -0.1) is 0 Å². The number of aryl methyl sites for hydroxylation is 1. The second-order valence-corrected chi connectivity index (χ2v) is 4.02. The van der Waals surface area contributed by atoms with Gasteiger partial charge in [0.1, 0.15) is 0 Å². The molecule has 0 radical (unpaired) electrons. The lowest BCUT2D eigenvalue weighted by atomic mass is 9.98. The number of methoxy groups -OCH3 is 1. The number of hydrogen-bond donors (Lipinski definition) is 0.